The van der Waals surface area contributed by atoms with E-state index in [-0.39, 0.29) is 34.4 Å². The largest absolute Gasteiger partial charge is 0.350 e. The number of nitrogens with one attached hydrogen (secondary N) is 1. The zero-order chi connectivity index (χ0) is 16.6. The van der Waals surface area contributed by atoms with Gasteiger partial charge in [-0.2, -0.15) is 0 Å². The quantitative estimate of drug-likeness (QED) is 0.859. The van der Waals surface area contributed by atoms with Crippen LogP contribution in [0, 0.1) is 11.2 Å². The van der Waals surface area contributed by atoms with Crippen LogP contribution in [0.1, 0.15) is 24.8 Å². The molecule has 1 aliphatic carbocycles. The van der Waals surface area contributed by atoms with Crippen LogP contribution < -0.4 is 5.32 Å². The van der Waals surface area contributed by atoms with Gasteiger partial charge in [0.05, 0.1) is 0 Å². The van der Waals surface area contributed by atoms with Crippen LogP contribution >= 0.6 is 11.6 Å². The molecule has 1 aliphatic heterocycles. The topological polar surface area (TPSA) is 49.4 Å². The van der Waals surface area contributed by atoms with Crippen LogP contribution in [-0.2, 0) is 16.1 Å². The van der Waals surface area contributed by atoms with Gasteiger partial charge < -0.3 is 10.2 Å². The molecule has 1 atom stereocenters. The number of hydrogen-bond donors (Lipinski definition) is 1. The van der Waals surface area contributed by atoms with E-state index in [4.69, 9.17) is 11.6 Å². The first-order valence-corrected chi connectivity index (χ1v) is 7.97. The summed E-state index contributed by atoms with van der Waals surface area (Å²) in [5.41, 5.74) is 0.347. The van der Waals surface area contributed by atoms with Crippen molar-refractivity contribution >= 4 is 23.4 Å². The van der Waals surface area contributed by atoms with E-state index in [1.807, 2.05) is 0 Å². The van der Waals surface area contributed by atoms with Crippen molar-refractivity contribution in [2.45, 2.75) is 31.8 Å². The molecule has 2 fully saturated rings. The Morgan fingerprint density at radius 1 is 1.48 bits per heavy atom. The fourth-order valence-electron chi connectivity index (χ4n) is 3.17. The molecule has 1 N–H and O–H groups in total. The molecule has 2 aliphatic rings. The number of carbonyl (C=O) groups is 2. The van der Waals surface area contributed by atoms with Gasteiger partial charge in [0.15, 0.2) is 0 Å². The summed E-state index contributed by atoms with van der Waals surface area (Å²) < 4.78 is 13.8. The van der Waals surface area contributed by atoms with Crippen LogP contribution in [0.2, 0.25) is 5.02 Å². The highest BCUT2D eigenvalue weighted by atomic mass is 35.5. The summed E-state index contributed by atoms with van der Waals surface area (Å²) in [5, 5.41) is 2.98. The Hall–Kier alpha value is -1.88. The van der Waals surface area contributed by atoms with E-state index in [9.17, 15) is 14.0 Å². The van der Waals surface area contributed by atoms with E-state index in [0.717, 1.165) is 12.8 Å². The SMILES string of the molecule is C=CC(=O)N1CC2(CC2)C[C@@H]1C(=O)NCc1c(F)cccc1Cl. The van der Waals surface area contributed by atoms with Crippen LogP contribution in [0.3, 0.4) is 0 Å². The maximum absolute atomic E-state index is 13.8. The second-order valence-electron chi connectivity index (χ2n) is 6.31. The predicted molar refractivity (Wildman–Crippen MR) is 85.2 cm³/mol. The van der Waals surface area contributed by atoms with Crippen LogP contribution in [0.15, 0.2) is 30.9 Å². The smallest absolute Gasteiger partial charge is 0.246 e. The molecular formula is C17H18ClFN2O2. The molecule has 1 aromatic rings. The fraction of sp³-hybridized carbons (Fsp3) is 0.412. The number of nitrogens with zero attached hydrogens (tertiary/aromatic N) is 1. The summed E-state index contributed by atoms with van der Waals surface area (Å²) in [7, 11) is 0. The zero-order valence-electron chi connectivity index (χ0n) is 12.6. The molecule has 6 heteroatoms. The molecule has 3 rings (SSSR count). The van der Waals surface area contributed by atoms with E-state index >= 15 is 0 Å². The Balaban J connectivity index is 1.69. The van der Waals surface area contributed by atoms with Crippen molar-refractivity contribution in [1.82, 2.24) is 10.2 Å². The van der Waals surface area contributed by atoms with Crippen molar-refractivity contribution in [3.63, 3.8) is 0 Å². The minimum atomic E-state index is -0.520. The number of hydrogen-bond acceptors (Lipinski definition) is 2. The number of amides is 2. The molecule has 23 heavy (non-hydrogen) atoms. The fourth-order valence-corrected chi connectivity index (χ4v) is 3.40. The molecular weight excluding hydrogens is 319 g/mol. The van der Waals surface area contributed by atoms with E-state index < -0.39 is 11.9 Å². The standard InChI is InChI=1S/C17H18ClFN2O2/c1-2-15(22)21-10-17(6-7-17)8-14(21)16(23)20-9-11-12(18)4-3-5-13(11)19/h2-5,14H,1,6-10H2,(H,20,23)/t14-/m1/s1. The van der Waals surface area contributed by atoms with Gasteiger partial charge in [-0.1, -0.05) is 24.2 Å². The maximum atomic E-state index is 13.8. The van der Waals surface area contributed by atoms with Crippen LogP contribution in [0.5, 0.6) is 0 Å². The molecule has 4 nitrogen and oxygen atoms in total. The van der Waals surface area contributed by atoms with E-state index in [1.54, 1.807) is 11.0 Å². The van der Waals surface area contributed by atoms with Crippen LogP contribution in [0.25, 0.3) is 0 Å². The Morgan fingerprint density at radius 3 is 2.83 bits per heavy atom. The van der Waals surface area contributed by atoms with Gasteiger partial charge in [-0.25, -0.2) is 4.39 Å². The number of halogens is 2. The Bertz CT molecular complexity index is 652. The highest BCUT2D eigenvalue weighted by Crippen LogP contribution is 2.54. The summed E-state index contributed by atoms with van der Waals surface area (Å²) in [5.74, 6) is -0.969. The molecule has 122 valence electrons. The minimum absolute atomic E-state index is 0.00393. The van der Waals surface area contributed by atoms with Gasteiger partial charge in [0.2, 0.25) is 11.8 Å². The second kappa shape index (κ2) is 5.96. The molecule has 1 saturated carbocycles. The predicted octanol–water partition coefficient (Wildman–Crippen LogP) is 2.66. The average Bonchev–Trinajstić information content (AvgIpc) is 3.16. The first-order valence-electron chi connectivity index (χ1n) is 7.59. The monoisotopic (exact) mass is 336 g/mol. The number of carbonyl (C=O) groups excluding carboxylic acids is 2. The highest BCUT2D eigenvalue weighted by Gasteiger charge is 2.54. The Morgan fingerprint density at radius 2 is 2.22 bits per heavy atom. The summed E-state index contributed by atoms with van der Waals surface area (Å²) >= 11 is 5.96. The third-order valence-electron chi connectivity index (χ3n) is 4.73. The van der Waals surface area contributed by atoms with Crippen molar-refractivity contribution < 1.29 is 14.0 Å². The molecule has 1 heterocycles. The number of likely N-dealkylation sites (tertiary alicyclic amines) is 1. The Kier molecular flexibility index (Phi) is 4.15. The van der Waals surface area contributed by atoms with Gasteiger partial charge in [-0.3, -0.25) is 9.59 Å². The molecule has 0 unspecified atom stereocenters. The third-order valence-corrected chi connectivity index (χ3v) is 5.08. The van der Waals surface area contributed by atoms with E-state index in [2.05, 4.69) is 11.9 Å². The first-order chi connectivity index (χ1) is 11.0. The molecule has 0 aromatic heterocycles. The van der Waals surface area contributed by atoms with Gasteiger partial charge >= 0.3 is 0 Å². The second-order valence-corrected chi connectivity index (χ2v) is 6.72. The molecule has 1 aromatic carbocycles. The van der Waals surface area contributed by atoms with Crippen LogP contribution in [-0.4, -0.2) is 29.3 Å². The van der Waals surface area contributed by atoms with Gasteiger partial charge in [-0.05, 0) is 42.9 Å². The van der Waals surface area contributed by atoms with Gasteiger partial charge in [0.25, 0.3) is 0 Å². The van der Waals surface area contributed by atoms with Crippen molar-refractivity contribution in [2.24, 2.45) is 5.41 Å². The molecule has 0 bridgehead atoms. The molecule has 1 spiro atoms. The normalized spacial score (nSPS) is 21.3. The first kappa shape index (κ1) is 16.0. The van der Waals surface area contributed by atoms with Crippen molar-refractivity contribution in [1.29, 1.82) is 0 Å². The summed E-state index contributed by atoms with van der Waals surface area (Å²) in [4.78, 5) is 26.0. The van der Waals surface area contributed by atoms with Gasteiger partial charge in [0.1, 0.15) is 11.9 Å². The highest BCUT2D eigenvalue weighted by molar-refractivity contribution is 6.31. The average molecular weight is 337 g/mol. The summed E-state index contributed by atoms with van der Waals surface area (Å²) in [6, 6.07) is 3.87. The lowest BCUT2D eigenvalue weighted by Gasteiger charge is -2.22. The number of benzene rings is 1. The molecule has 1 saturated heterocycles. The summed E-state index contributed by atoms with van der Waals surface area (Å²) in [6.45, 7) is 4.09. The third kappa shape index (κ3) is 3.11. The van der Waals surface area contributed by atoms with Gasteiger partial charge in [0, 0.05) is 23.7 Å². The van der Waals surface area contributed by atoms with E-state index in [1.165, 1.54) is 18.2 Å². The van der Waals surface area contributed by atoms with E-state index in [0.29, 0.717) is 13.0 Å². The minimum Gasteiger partial charge on any atom is -0.350 e. The summed E-state index contributed by atoms with van der Waals surface area (Å²) in [6.07, 6.45) is 3.96. The van der Waals surface area contributed by atoms with Gasteiger partial charge in [-0.15, -0.1) is 0 Å². The van der Waals surface area contributed by atoms with Crippen molar-refractivity contribution in [3.05, 3.63) is 47.3 Å². The number of rotatable bonds is 4. The Labute approximate surface area is 139 Å². The lowest BCUT2D eigenvalue weighted by molar-refractivity contribution is -0.135. The lowest BCUT2D eigenvalue weighted by atomic mass is 10.0. The van der Waals surface area contributed by atoms with Crippen LogP contribution in [0.4, 0.5) is 4.39 Å². The molecule has 0 radical (unpaired) electrons. The van der Waals surface area contributed by atoms with Crippen molar-refractivity contribution in [2.75, 3.05) is 6.54 Å². The zero-order valence-corrected chi connectivity index (χ0v) is 13.4. The van der Waals surface area contributed by atoms with Crippen molar-refractivity contribution in [3.8, 4) is 0 Å². The lowest BCUT2D eigenvalue weighted by Crippen LogP contribution is -2.45. The maximum Gasteiger partial charge on any atom is 0.246 e. The molecule has 2 amide bonds.